The van der Waals surface area contributed by atoms with Crippen LogP contribution in [0.3, 0.4) is 0 Å². The summed E-state index contributed by atoms with van der Waals surface area (Å²) in [5, 5.41) is 2.62. The fraction of sp³-hybridized carbons (Fsp3) is 0.692. The molecule has 0 radical (unpaired) electrons. The van der Waals surface area contributed by atoms with Gasteiger partial charge in [-0.05, 0) is 31.6 Å². The van der Waals surface area contributed by atoms with E-state index in [0.29, 0.717) is 5.92 Å². The molecule has 4 heteroatoms. The Kier molecular flexibility index (Phi) is 4.73. The van der Waals surface area contributed by atoms with Gasteiger partial charge in [-0.3, -0.25) is 9.59 Å². The predicted molar refractivity (Wildman–Crippen MR) is 67.1 cm³/mol. The van der Waals surface area contributed by atoms with E-state index >= 15 is 0 Å². The first-order valence-corrected chi connectivity index (χ1v) is 6.17. The molecule has 0 aliphatic heterocycles. The molecule has 1 aliphatic rings. The van der Waals surface area contributed by atoms with Gasteiger partial charge in [0, 0.05) is 5.41 Å². The molecule has 0 aromatic rings. The molecule has 0 aromatic carbocycles. The van der Waals surface area contributed by atoms with E-state index in [4.69, 9.17) is 5.73 Å². The maximum absolute atomic E-state index is 12.1. The van der Waals surface area contributed by atoms with Gasteiger partial charge in [-0.25, -0.2) is 0 Å². The van der Waals surface area contributed by atoms with Crippen molar-refractivity contribution in [2.45, 2.75) is 39.5 Å². The summed E-state index contributed by atoms with van der Waals surface area (Å²) < 4.78 is 0. The second kappa shape index (κ2) is 5.84. The Balaban J connectivity index is 2.61. The molecule has 1 aliphatic carbocycles. The largest absolute Gasteiger partial charge is 0.368 e. The zero-order valence-electron chi connectivity index (χ0n) is 10.7. The maximum atomic E-state index is 12.1. The van der Waals surface area contributed by atoms with Gasteiger partial charge >= 0.3 is 0 Å². The lowest BCUT2D eigenvalue weighted by atomic mass is 9.77. The Bertz CT molecular complexity index is 325. The summed E-state index contributed by atoms with van der Waals surface area (Å²) in [4.78, 5) is 22.7. The van der Waals surface area contributed by atoms with Crippen molar-refractivity contribution in [1.82, 2.24) is 5.32 Å². The molecule has 0 aromatic heterocycles. The number of amides is 2. The van der Waals surface area contributed by atoms with Crippen molar-refractivity contribution in [3.8, 4) is 0 Å². The summed E-state index contributed by atoms with van der Waals surface area (Å²) >= 11 is 0. The van der Waals surface area contributed by atoms with Crippen LogP contribution >= 0.6 is 0 Å². The molecule has 2 amide bonds. The van der Waals surface area contributed by atoms with Crippen LogP contribution in [0.5, 0.6) is 0 Å². The molecule has 3 N–H and O–H groups in total. The fourth-order valence-corrected chi connectivity index (χ4v) is 2.11. The Morgan fingerprint density at radius 1 is 1.47 bits per heavy atom. The number of nitrogens with two attached hydrogens (primary N) is 1. The van der Waals surface area contributed by atoms with E-state index in [2.05, 4.69) is 24.4 Å². The van der Waals surface area contributed by atoms with Gasteiger partial charge in [0.15, 0.2) is 0 Å². The number of nitrogens with one attached hydrogen (secondary N) is 1. The van der Waals surface area contributed by atoms with Crippen molar-refractivity contribution >= 4 is 11.8 Å². The highest BCUT2D eigenvalue weighted by molar-refractivity contribution is 5.87. The molecule has 96 valence electrons. The van der Waals surface area contributed by atoms with Crippen LogP contribution in [-0.2, 0) is 9.59 Å². The lowest BCUT2D eigenvalue weighted by Gasteiger charge is -2.30. The van der Waals surface area contributed by atoms with Crippen molar-refractivity contribution in [2.75, 3.05) is 6.54 Å². The van der Waals surface area contributed by atoms with E-state index in [1.54, 1.807) is 0 Å². The van der Waals surface area contributed by atoms with Gasteiger partial charge in [0.1, 0.15) is 0 Å². The Morgan fingerprint density at radius 3 is 2.82 bits per heavy atom. The van der Waals surface area contributed by atoms with Crippen LogP contribution in [0.25, 0.3) is 0 Å². The van der Waals surface area contributed by atoms with E-state index in [9.17, 15) is 9.59 Å². The normalized spacial score (nSPS) is 31.1. The van der Waals surface area contributed by atoms with Gasteiger partial charge in [0.05, 0.1) is 6.54 Å². The number of hydrogen-bond donors (Lipinski definition) is 2. The number of carbonyl (C=O) groups excluding carboxylic acids is 2. The first kappa shape index (κ1) is 13.7. The predicted octanol–water partition coefficient (Wildman–Crippen LogP) is 1.36. The smallest absolute Gasteiger partial charge is 0.236 e. The highest BCUT2D eigenvalue weighted by atomic mass is 16.2. The zero-order valence-corrected chi connectivity index (χ0v) is 10.7. The molecule has 17 heavy (non-hydrogen) atoms. The Labute approximate surface area is 103 Å². The van der Waals surface area contributed by atoms with Crippen molar-refractivity contribution < 1.29 is 9.59 Å². The minimum atomic E-state index is -0.499. The number of carbonyl (C=O) groups is 2. The molecule has 0 bridgehead atoms. The van der Waals surface area contributed by atoms with E-state index in [1.165, 1.54) is 0 Å². The molecule has 0 saturated carbocycles. The second-order valence-corrected chi connectivity index (χ2v) is 5.19. The van der Waals surface area contributed by atoms with Gasteiger partial charge in [-0.1, -0.05) is 26.0 Å². The molecular formula is C13H22N2O2. The lowest BCUT2D eigenvalue weighted by Crippen LogP contribution is -2.43. The average Bonchev–Trinajstić information content (AvgIpc) is 2.26. The van der Waals surface area contributed by atoms with E-state index in [0.717, 1.165) is 25.7 Å². The van der Waals surface area contributed by atoms with E-state index in [1.807, 2.05) is 6.92 Å². The SMILES string of the molecule is CC1/C=C/CCC(C)(C(=O)NCC(N)=O)CC1. The highest BCUT2D eigenvalue weighted by Gasteiger charge is 2.32. The molecule has 2 unspecified atom stereocenters. The highest BCUT2D eigenvalue weighted by Crippen LogP contribution is 2.33. The van der Waals surface area contributed by atoms with Crippen molar-refractivity contribution in [3.63, 3.8) is 0 Å². The third kappa shape index (κ3) is 4.21. The quantitative estimate of drug-likeness (QED) is 0.729. The summed E-state index contributed by atoms with van der Waals surface area (Å²) in [6, 6.07) is 0. The molecule has 4 nitrogen and oxygen atoms in total. The monoisotopic (exact) mass is 238 g/mol. The lowest BCUT2D eigenvalue weighted by molar-refractivity contribution is -0.132. The van der Waals surface area contributed by atoms with Crippen molar-refractivity contribution in [2.24, 2.45) is 17.1 Å². The maximum Gasteiger partial charge on any atom is 0.236 e. The molecule has 0 saturated heterocycles. The van der Waals surface area contributed by atoms with Crippen LogP contribution in [-0.4, -0.2) is 18.4 Å². The number of primary amides is 1. The first-order chi connectivity index (χ1) is 7.94. The van der Waals surface area contributed by atoms with E-state index in [-0.39, 0.29) is 17.9 Å². The molecule has 0 fully saturated rings. The number of allylic oxidation sites excluding steroid dienone is 2. The summed E-state index contributed by atoms with van der Waals surface area (Å²) in [5.74, 6) is -0.0431. The third-order valence-corrected chi connectivity index (χ3v) is 3.45. The first-order valence-electron chi connectivity index (χ1n) is 6.17. The summed E-state index contributed by atoms with van der Waals surface area (Å²) in [5.41, 5.74) is 4.65. The molecular weight excluding hydrogens is 216 g/mol. The number of rotatable bonds is 3. The van der Waals surface area contributed by atoms with Crippen LogP contribution in [0, 0.1) is 11.3 Å². The fourth-order valence-electron chi connectivity index (χ4n) is 2.11. The van der Waals surface area contributed by atoms with Gasteiger partial charge in [0.2, 0.25) is 11.8 Å². The summed E-state index contributed by atoms with van der Waals surface area (Å²) in [7, 11) is 0. The van der Waals surface area contributed by atoms with E-state index < -0.39 is 5.91 Å². The summed E-state index contributed by atoms with van der Waals surface area (Å²) in [6.45, 7) is 4.05. The van der Waals surface area contributed by atoms with Crippen LogP contribution in [0.15, 0.2) is 12.2 Å². The average molecular weight is 238 g/mol. The van der Waals surface area contributed by atoms with Crippen LogP contribution in [0.1, 0.15) is 39.5 Å². The second-order valence-electron chi connectivity index (χ2n) is 5.19. The molecule has 0 spiro atoms. The zero-order chi connectivity index (χ0) is 12.9. The van der Waals surface area contributed by atoms with Crippen LogP contribution < -0.4 is 11.1 Å². The Hall–Kier alpha value is -1.32. The van der Waals surface area contributed by atoms with Gasteiger partial charge in [-0.2, -0.15) is 0 Å². The minimum absolute atomic E-state index is 0.0567. The minimum Gasteiger partial charge on any atom is -0.368 e. The number of hydrogen-bond acceptors (Lipinski definition) is 2. The molecule has 1 rings (SSSR count). The van der Waals surface area contributed by atoms with Crippen molar-refractivity contribution in [3.05, 3.63) is 12.2 Å². The van der Waals surface area contributed by atoms with Crippen molar-refractivity contribution in [1.29, 1.82) is 0 Å². The van der Waals surface area contributed by atoms with Gasteiger partial charge < -0.3 is 11.1 Å². The molecule has 2 atom stereocenters. The molecule has 0 heterocycles. The van der Waals surface area contributed by atoms with Gasteiger partial charge in [-0.15, -0.1) is 0 Å². The summed E-state index contributed by atoms with van der Waals surface area (Å²) in [6.07, 6.45) is 7.93. The third-order valence-electron chi connectivity index (χ3n) is 3.45. The van der Waals surface area contributed by atoms with Crippen LogP contribution in [0.4, 0.5) is 0 Å². The topological polar surface area (TPSA) is 72.2 Å². The van der Waals surface area contributed by atoms with Crippen LogP contribution in [0.2, 0.25) is 0 Å². The van der Waals surface area contributed by atoms with Gasteiger partial charge in [0.25, 0.3) is 0 Å². The Morgan fingerprint density at radius 2 is 2.18 bits per heavy atom. The standard InChI is InChI=1S/C13H22N2O2/c1-10-5-3-4-7-13(2,8-6-10)12(17)15-9-11(14)16/h3,5,10H,4,6-9H2,1-2H3,(H2,14,16)(H,15,17)/b5-3+.